The van der Waals surface area contributed by atoms with E-state index in [1.165, 1.54) is 15.3 Å². The Morgan fingerprint density at radius 3 is 2.96 bits per heavy atom. The second-order valence-electron chi connectivity index (χ2n) is 6.22. The lowest BCUT2D eigenvalue weighted by molar-refractivity contribution is -0.117. The van der Waals surface area contributed by atoms with Crippen molar-refractivity contribution < 1.29 is 9.53 Å². The number of rotatable bonds is 5. The number of nitrogens with zero attached hydrogens (tertiary/aromatic N) is 1. The summed E-state index contributed by atoms with van der Waals surface area (Å²) in [5.74, 6) is 0.735. The molecule has 4 nitrogen and oxygen atoms in total. The molecule has 0 saturated carbocycles. The highest BCUT2D eigenvalue weighted by Gasteiger charge is 2.31. The maximum atomic E-state index is 12.7. The third-order valence-electron chi connectivity index (χ3n) is 4.58. The first-order valence-corrected chi connectivity index (χ1v) is 10.3. The van der Waals surface area contributed by atoms with Gasteiger partial charge >= 0.3 is 0 Å². The fourth-order valence-corrected chi connectivity index (χ4v) is 5.18. The lowest BCUT2D eigenvalue weighted by atomic mass is 9.98. The normalized spacial score (nSPS) is 16.9. The summed E-state index contributed by atoms with van der Waals surface area (Å²) < 4.78 is 5.22. The highest BCUT2D eigenvalue weighted by atomic mass is 32.1. The van der Waals surface area contributed by atoms with E-state index in [9.17, 15) is 4.79 Å². The van der Waals surface area contributed by atoms with Crippen molar-refractivity contribution in [3.8, 4) is 5.75 Å². The molecule has 2 aromatic heterocycles. The van der Waals surface area contributed by atoms with Gasteiger partial charge in [0.15, 0.2) is 0 Å². The first-order chi connectivity index (χ1) is 12.7. The zero-order valence-corrected chi connectivity index (χ0v) is 16.1. The van der Waals surface area contributed by atoms with Gasteiger partial charge in [-0.25, -0.2) is 0 Å². The topological polar surface area (TPSA) is 41.6 Å². The number of thiophene rings is 2. The van der Waals surface area contributed by atoms with Crippen molar-refractivity contribution >= 4 is 34.3 Å². The van der Waals surface area contributed by atoms with Crippen LogP contribution >= 0.6 is 22.7 Å². The molecule has 4 rings (SSSR count). The van der Waals surface area contributed by atoms with E-state index < -0.39 is 0 Å². The fraction of sp³-hybridized carbons (Fsp3) is 0.250. The zero-order chi connectivity index (χ0) is 17.9. The Balaban J connectivity index is 1.52. The van der Waals surface area contributed by atoms with Crippen LogP contribution in [0.1, 0.15) is 21.4 Å². The Bertz CT molecular complexity index is 889. The molecule has 0 radical (unpaired) electrons. The van der Waals surface area contributed by atoms with Crippen molar-refractivity contribution in [2.45, 2.75) is 12.5 Å². The SMILES string of the molecule is COc1cccc(NC(=O)CN2CCc3sccc3C2c2cccs2)c1. The molecule has 6 heteroatoms. The summed E-state index contributed by atoms with van der Waals surface area (Å²) in [7, 11) is 1.62. The molecule has 26 heavy (non-hydrogen) atoms. The molecule has 1 aliphatic rings. The molecule has 3 aromatic rings. The van der Waals surface area contributed by atoms with E-state index in [0.717, 1.165) is 24.4 Å². The second-order valence-corrected chi connectivity index (χ2v) is 8.20. The molecule has 1 aliphatic heterocycles. The predicted octanol–water partition coefficient (Wildman–Crippen LogP) is 4.40. The quantitative estimate of drug-likeness (QED) is 0.709. The molecule has 0 saturated heterocycles. The number of nitrogens with one attached hydrogen (secondary N) is 1. The number of anilines is 1. The van der Waals surface area contributed by atoms with Crippen LogP contribution in [-0.2, 0) is 11.2 Å². The minimum atomic E-state index is -0.00140. The van der Waals surface area contributed by atoms with Crippen LogP contribution in [0.2, 0.25) is 0 Å². The highest BCUT2D eigenvalue weighted by molar-refractivity contribution is 7.10. The molecule has 1 amide bonds. The van der Waals surface area contributed by atoms with Crippen LogP contribution in [0, 0.1) is 0 Å². The summed E-state index contributed by atoms with van der Waals surface area (Å²) in [5.41, 5.74) is 2.10. The number of hydrogen-bond acceptors (Lipinski definition) is 5. The molecule has 1 aromatic carbocycles. The maximum Gasteiger partial charge on any atom is 0.238 e. The molecule has 134 valence electrons. The van der Waals surface area contributed by atoms with Gasteiger partial charge in [-0.3, -0.25) is 9.69 Å². The Morgan fingerprint density at radius 2 is 2.15 bits per heavy atom. The smallest absolute Gasteiger partial charge is 0.238 e. The van der Waals surface area contributed by atoms with Gasteiger partial charge in [-0.2, -0.15) is 0 Å². The van der Waals surface area contributed by atoms with Crippen LogP contribution in [0.15, 0.2) is 53.2 Å². The maximum absolute atomic E-state index is 12.7. The van der Waals surface area contributed by atoms with Gasteiger partial charge in [0, 0.05) is 28.1 Å². The van der Waals surface area contributed by atoms with Crippen LogP contribution in [-0.4, -0.2) is 31.0 Å². The van der Waals surface area contributed by atoms with Gasteiger partial charge in [-0.15, -0.1) is 22.7 Å². The number of ether oxygens (including phenoxy) is 1. The number of methoxy groups -OCH3 is 1. The van der Waals surface area contributed by atoms with E-state index in [1.54, 1.807) is 18.4 Å². The third kappa shape index (κ3) is 3.53. The first kappa shape index (κ1) is 17.3. The van der Waals surface area contributed by atoms with Crippen molar-refractivity contribution in [3.05, 3.63) is 68.5 Å². The number of carbonyl (C=O) groups is 1. The van der Waals surface area contributed by atoms with E-state index >= 15 is 0 Å². The summed E-state index contributed by atoms with van der Waals surface area (Å²) in [6, 6.07) is 14.1. The van der Waals surface area contributed by atoms with Crippen LogP contribution < -0.4 is 10.1 Å². The number of amides is 1. The van der Waals surface area contributed by atoms with Crippen LogP contribution in [0.5, 0.6) is 5.75 Å². The Hall–Kier alpha value is -2.15. The van der Waals surface area contributed by atoms with Gasteiger partial charge in [0.2, 0.25) is 5.91 Å². The zero-order valence-electron chi connectivity index (χ0n) is 14.5. The first-order valence-electron chi connectivity index (χ1n) is 8.52. The van der Waals surface area contributed by atoms with Gasteiger partial charge in [-0.05, 0) is 47.0 Å². The largest absolute Gasteiger partial charge is 0.497 e. The fourth-order valence-electron chi connectivity index (χ4n) is 3.40. The van der Waals surface area contributed by atoms with E-state index in [0.29, 0.717) is 6.54 Å². The van der Waals surface area contributed by atoms with E-state index in [1.807, 2.05) is 35.6 Å². The molecule has 0 bridgehead atoms. The van der Waals surface area contributed by atoms with E-state index in [2.05, 4.69) is 39.2 Å². The lowest BCUT2D eigenvalue weighted by Gasteiger charge is -2.34. The average molecular weight is 385 g/mol. The molecular formula is C20H20N2O2S2. The number of hydrogen-bond donors (Lipinski definition) is 1. The van der Waals surface area contributed by atoms with Gasteiger partial charge in [0.1, 0.15) is 5.75 Å². The predicted molar refractivity (Wildman–Crippen MR) is 107 cm³/mol. The Morgan fingerprint density at radius 1 is 1.23 bits per heavy atom. The van der Waals surface area contributed by atoms with E-state index in [-0.39, 0.29) is 11.9 Å². The summed E-state index contributed by atoms with van der Waals surface area (Å²) in [5, 5.41) is 7.25. The Kier molecular flexibility index (Phi) is 5.06. The molecule has 1 N–H and O–H groups in total. The molecule has 0 spiro atoms. The summed E-state index contributed by atoms with van der Waals surface area (Å²) >= 11 is 3.57. The van der Waals surface area contributed by atoms with Gasteiger partial charge in [0.25, 0.3) is 0 Å². The standard InChI is InChI=1S/C20H20N2O2S2/c1-24-15-5-2-4-14(12-15)21-19(23)13-22-9-7-17-16(8-11-26-17)20(22)18-6-3-10-25-18/h2-6,8,10-12,20H,7,9,13H2,1H3,(H,21,23). The second kappa shape index (κ2) is 7.61. The number of carbonyl (C=O) groups excluding carboxylic acids is 1. The molecular weight excluding hydrogens is 364 g/mol. The Labute approximate surface area is 161 Å². The van der Waals surface area contributed by atoms with Crippen molar-refractivity contribution in [1.82, 2.24) is 4.90 Å². The minimum absolute atomic E-state index is 0.00140. The molecule has 0 aliphatic carbocycles. The highest BCUT2D eigenvalue weighted by Crippen LogP contribution is 2.39. The summed E-state index contributed by atoms with van der Waals surface area (Å²) in [4.78, 5) is 17.7. The van der Waals surface area contributed by atoms with Gasteiger partial charge < -0.3 is 10.1 Å². The van der Waals surface area contributed by atoms with Crippen LogP contribution in [0.3, 0.4) is 0 Å². The van der Waals surface area contributed by atoms with Crippen LogP contribution in [0.25, 0.3) is 0 Å². The van der Waals surface area contributed by atoms with Crippen LogP contribution in [0.4, 0.5) is 5.69 Å². The number of benzene rings is 1. The van der Waals surface area contributed by atoms with Gasteiger partial charge in [-0.1, -0.05) is 12.1 Å². The molecule has 1 unspecified atom stereocenters. The summed E-state index contributed by atoms with van der Waals surface area (Å²) in [6.45, 7) is 1.26. The number of fused-ring (bicyclic) bond motifs is 1. The molecule has 0 fully saturated rings. The van der Waals surface area contributed by atoms with E-state index in [4.69, 9.17) is 4.74 Å². The van der Waals surface area contributed by atoms with Crippen molar-refractivity contribution in [2.75, 3.05) is 25.5 Å². The summed E-state index contributed by atoms with van der Waals surface area (Å²) in [6.07, 6.45) is 1.00. The van der Waals surface area contributed by atoms with Gasteiger partial charge in [0.05, 0.1) is 19.7 Å². The minimum Gasteiger partial charge on any atom is -0.497 e. The van der Waals surface area contributed by atoms with Crippen molar-refractivity contribution in [3.63, 3.8) is 0 Å². The lowest BCUT2D eigenvalue weighted by Crippen LogP contribution is -2.40. The van der Waals surface area contributed by atoms with Crippen molar-refractivity contribution in [1.29, 1.82) is 0 Å². The monoisotopic (exact) mass is 384 g/mol. The average Bonchev–Trinajstić information content (AvgIpc) is 3.33. The molecule has 3 heterocycles. The molecule has 1 atom stereocenters. The third-order valence-corrected chi connectivity index (χ3v) is 6.50. The van der Waals surface area contributed by atoms with Crippen molar-refractivity contribution in [2.24, 2.45) is 0 Å².